The standard InChI is InChI=1S/C20H24N2O4S/c1-3-20(19(25)26,15-8-5-4-6-9-15)13-21-18(24)12-16(22-14(2)23)17-10-7-11-27-17/h4-11,16H,3,12-13H2,1-2H3,(H,21,24)(H,22,23)(H,25,26). The molecular weight excluding hydrogens is 364 g/mol. The summed E-state index contributed by atoms with van der Waals surface area (Å²) in [5.74, 6) is -1.51. The van der Waals surface area contributed by atoms with E-state index in [1.54, 1.807) is 31.2 Å². The first-order chi connectivity index (χ1) is 12.9. The molecule has 2 rings (SSSR count). The van der Waals surface area contributed by atoms with Crippen molar-refractivity contribution in [2.45, 2.75) is 38.1 Å². The van der Waals surface area contributed by atoms with Gasteiger partial charge in [-0.3, -0.25) is 14.4 Å². The summed E-state index contributed by atoms with van der Waals surface area (Å²) in [4.78, 5) is 36.8. The topological polar surface area (TPSA) is 95.5 Å². The number of carbonyl (C=O) groups is 3. The van der Waals surface area contributed by atoms with Gasteiger partial charge in [-0.2, -0.15) is 0 Å². The highest BCUT2D eigenvalue weighted by molar-refractivity contribution is 7.10. The Bertz CT molecular complexity index is 777. The molecule has 7 heteroatoms. The second-order valence-electron chi connectivity index (χ2n) is 6.36. The number of nitrogens with one attached hydrogen (secondary N) is 2. The number of hydrogen-bond acceptors (Lipinski definition) is 4. The van der Waals surface area contributed by atoms with Gasteiger partial charge in [0.05, 0.1) is 12.5 Å². The molecule has 0 spiro atoms. The summed E-state index contributed by atoms with van der Waals surface area (Å²) in [6, 6.07) is 12.2. The molecule has 1 heterocycles. The molecule has 0 saturated carbocycles. The van der Waals surface area contributed by atoms with Crippen molar-refractivity contribution in [1.29, 1.82) is 0 Å². The highest BCUT2D eigenvalue weighted by atomic mass is 32.1. The Hall–Kier alpha value is -2.67. The Kier molecular flexibility index (Phi) is 7.12. The molecule has 3 N–H and O–H groups in total. The van der Waals surface area contributed by atoms with Crippen molar-refractivity contribution in [3.63, 3.8) is 0 Å². The molecule has 0 aliphatic rings. The van der Waals surface area contributed by atoms with E-state index in [9.17, 15) is 19.5 Å². The lowest BCUT2D eigenvalue weighted by Crippen LogP contribution is -2.46. The molecule has 0 aliphatic carbocycles. The van der Waals surface area contributed by atoms with Gasteiger partial charge < -0.3 is 15.7 Å². The lowest BCUT2D eigenvalue weighted by atomic mass is 9.78. The molecule has 2 aromatic rings. The van der Waals surface area contributed by atoms with E-state index < -0.39 is 17.4 Å². The summed E-state index contributed by atoms with van der Waals surface area (Å²) >= 11 is 1.46. The molecular formula is C20H24N2O4S. The number of carboxylic acids is 1. The number of carbonyl (C=O) groups excluding carboxylic acids is 2. The number of amides is 2. The zero-order valence-electron chi connectivity index (χ0n) is 15.4. The summed E-state index contributed by atoms with van der Waals surface area (Å²) in [6.45, 7) is 3.18. The monoisotopic (exact) mass is 388 g/mol. The van der Waals surface area contributed by atoms with E-state index >= 15 is 0 Å². The fourth-order valence-electron chi connectivity index (χ4n) is 3.00. The number of carboxylic acid groups (broad SMARTS) is 1. The SMILES string of the molecule is CCC(CNC(=O)CC(NC(C)=O)c1cccs1)(C(=O)O)c1ccccc1. The van der Waals surface area contributed by atoms with E-state index in [1.807, 2.05) is 23.6 Å². The second kappa shape index (κ2) is 9.32. The fourth-order valence-corrected chi connectivity index (χ4v) is 3.78. The van der Waals surface area contributed by atoms with Crippen LogP contribution in [0.4, 0.5) is 0 Å². The average molecular weight is 388 g/mol. The van der Waals surface area contributed by atoms with Crippen LogP contribution < -0.4 is 10.6 Å². The molecule has 1 aromatic heterocycles. The van der Waals surface area contributed by atoms with E-state index in [4.69, 9.17) is 0 Å². The Morgan fingerprint density at radius 2 is 1.85 bits per heavy atom. The van der Waals surface area contributed by atoms with Gasteiger partial charge in [-0.15, -0.1) is 11.3 Å². The Labute approximate surface area is 162 Å². The van der Waals surface area contributed by atoms with Gasteiger partial charge in [0, 0.05) is 18.3 Å². The van der Waals surface area contributed by atoms with E-state index in [0.717, 1.165) is 4.88 Å². The third-order valence-corrected chi connectivity index (χ3v) is 5.57. The number of aliphatic carboxylic acids is 1. The van der Waals surface area contributed by atoms with Crippen LogP contribution in [0.5, 0.6) is 0 Å². The Morgan fingerprint density at radius 3 is 2.37 bits per heavy atom. The highest BCUT2D eigenvalue weighted by Crippen LogP contribution is 2.28. The van der Waals surface area contributed by atoms with Gasteiger partial charge >= 0.3 is 5.97 Å². The van der Waals surface area contributed by atoms with Gasteiger partial charge in [-0.1, -0.05) is 43.3 Å². The summed E-state index contributed by atoms with van der Waals surface area (Å²) < 4.78 is 0. The molecule has 27 heavy (non-hydrogen) atoms. The molecule has 0 radical (unpaired) electrons. The van der Waals surface area contributed by atoms with Crippen molar-refractivity contribution in [3.8, 4) is 0 Å². The van der Waals surface area contributed by atoms with E-state index in [2.05, 4.69) is 10.6 Å². The molecule has 2 amide bonds. The Balaban J connectivity index is 2.11. The van der Waals surface area contributed by atoms with Crippen LogP contribution in [0.1, 0.15) is 43.2 Å². The number of hydrogen-bond donors (Lipinski definition) is 3. The maximum Gasteiger partial charge on any atom is 0.315 e. The summed E-state index contributed by atoms with van der Waals surface area (Å²) in [5.41, 5.74) is -0.541. The van der Waals surface area contributed by atoms with Gasteiger partial charge in [-0.25, -0.2) is 0 Å². The first kappa shape index (κ1) is 20.6. The quantitative estimate of drug-likeness (QED) is 0.615. The van der Waals surface area contributed by atoms with Crippen LogP contribution in [0.2, 0.25) is 0 Å². The fraction of sp³-hybridized carbons (Fsp3) is 0.350. The molecule has 6 nitrogen and oxygen atoms in total. The highest BCUT2D eigenvalue weighted by Gasteiger charge is 2.39. The predicted octanol–water partition coefficient (Wildman–Crippen LogP) is 2.86. The predicted molar refractivity (Wildman–Crippen MR) is 105 cm³/mol. The second-order valence-corrected chi connectivity index (χ2v) is 7.34. The maximum absolute atomic E-state index is 12.5. The zero-order chi connectivity index (χ0) is 19.9. The zero-order valence-corrected chi connectivity index (χ0v) is 16.2. The van der Waals surface area contributed by atoms with E-state index in [-0.39, 0.29) is 24.8 Å². The third-order valence-electron chi connectivity index (χ3n) is 4.58. The summed E-state index contributed by atoms with van der Waals surface area (Å²) in [5, 5.41) is 17.2. The van der Waals surface area contributed by atoms with Crippen molar-refractivity contribution in [2.24, 2.45) is 0 Å². The minimum Gasteiger partial charge on any atom is -0.481 e. The first-order valence-corrected chi connectivity index (χ1v) is 9.63. The summed E-state index contributed by atoms with van der Waals surface area (Å²) in [7, 11) is 0. The van der Waals surface area contributed by atoms with Gasteiger partial charge in [0.2, 0.25) is 11.8 Å². The van der Waals surface area contributed by atoms with Crippen molar-refractivity contribution < 1.29 is 19.5 Å². The first-order valence-electron chi connectivity index (χ1n) is 8.75. The number of rotatable bonds is 9. The van der Waals surface area contributed by atoms with Crippen LogP contribution in [0.15, 0.2) is 47.8 Å². The van der Waals surface area contributed by atoms with Crippen molar-refractivity contribution >= 4 is 29.1 Å². The van der Waals surface area contributed by atoms with Gasteiger partial charge in [-0.05, 0) is 23.4 Å². The molecule has 2 unspecified atom stereocenters. The van der Waals surface area contributed by atoms with Crippen LogP contribution >= 0.6 is 11.3 Å². The van der Waals surface area contributed by atoms with Crippen molar-refractivity contribution in [3.05, 3.63) is 58.3 Å². The van der Waals surface area contributed by atoms with Crippen LogP contribution in [0, 0.1) is 0 Å². The molecule has 0 fully saturated rings. The van der Waals surface area contributed by atoms with Crippen LogP contribution in [0.25, 0.3) is 0 Å². The lowest BCUT2D eigenvalue weighted by Gasteiger charge is -2.29. The van der Waals surface area contributed by atoms with Crippen LogP contribution in [0.3, 0.4) is 0 Å². The molecule has 1 aromatic carbocycles. The van der Waals surface area contributed by atoms with Gasteiger partial charge in [0.1, 0.15) is 5.41 Å². The van der Waals surface area contributed by atoms with Gasteiger partial charge in [0.15, 0.2) is 0 Å². The summed E-state index contributed by atoms with van der Waals surface area (Å²) in [6.07, 6.45) is 0.390. The minimum atomic E-state index is -1.19. The van der Waals surface area contributed by atoms with Gasteiger partial charge in [0.25, 0.3) is 0 Å². The lowest BCUT2D eigenvalue weighted by molar-refractivity contribution is -0.144. The maximum atomic E-state index is 12.5. The van der Waals surface area contributed by atoms with Crippen LogP contribution in [-0.2, 0) is 19.8 Å². The molecule has 0 bridgehead atoms. The smallest absolute Gasteiger partial charge is 0.315 e. The molecule has 0 aliphatic heterocycles. The minimum absolute atomic E-state index is 0.0150. The molecule has 2 atom stereocenters. The number of thiophene rings is 1. The normalized spacial score (nSPS) is 14.0. The van der Waals surface area contributed by atoms with Crippen LogP contribution in [-0.4, -0.2) is 29.4 Å². The average Bonchev–Trinajstić information content (AvgIpc) is 3.17. The largest absolute Gasteiger partial charge is 0.481 e. The Morgan fingerprint density at radius 1 is 1.15 bits per heavy atom. The van der Waals surface area contributed by atoms with Crippen molar-refractivity contribution in [1.82, 2.24) is 10.6 Å². The van der Waals surface area contributed by atoms with E-state index in [0.29, 0.717) is 12.0 Å². The molecule has 0 saturated heterocycles. The molecule has 144 valence electrons. The number of benzene rings is 1. The third kappa shape index (κ3) is 5.17. The van der Waals surface area contributed by atoms with Crippen molar-refractivity contribution in [2.75, 3.05) is 6.54 Å². The van der Waals surface area contributed by atoms with E-state index in [1.165, 1.54) is 18.3 Å².